The second-order valence-electron chi connectivity index (χ2n) is 22.9. The Hall–Kier alpha value is -9.47. The van der Waals surface area contributed by atoms with Gasteiger partial charge < -0.3 is 39.6 Å². The number of nitrogens with one attached hydrogen (secondary N) is 10. The fourth-order valence-electron chi connectivity index (χ4n) is 10.00. The van der Waals surface area contributed by atoms with Gasteiger partial charge >= 0.3 is 29.4 Å². The summed E-state index contributed by atoms with van der Waals surface area (Å²) in [6.07, 6.45) is 7.77. The number of sulfonamides is 2. The molecular formula is C66H85N14O15S2+. The highest BCUT2D eigenvalue weighted by Crippen LogP contribution is 2.31. The van der Waals surface area contributed by atoms with Crippen LogP contribution in [0.2, 0.25) is 0 Å². The number of nitrogens with zero attached hydrogens (tertiary/aromatic N) is 4. The molecule has 31 heteroatoms. The number of aromatic nitrogens is 1. The number of hydroxylamine groups is 1. The van der Waals surface area contributed by atoms with Crippen molar-refractivity contribution >= 4 is 84.4 Å². The molecule has 0 aliphatic carbocycles. The molecule has 10 N–H and O–H groups in total. The molecule has 0 radical (unpaired) electrons. The standard InChI is InChI=1S/C66H84N14O15S2/c1-66(2,94-47-70-52-17-9-19-56(42-52)97(88,89)77-54-21-23-58(60(44-54)91-4)73-75-65(85)63(83)69-26-12-29-79-33-37-93-38-34-79)80-30-10-16-51(45-80)61(81)67-24-5-6-27-71-95-46-50-15-7-13-48(40-50)39-49-14-8-18-55(41-49)96(86,87)76-53-20-22-57(59(43-53)90-3)72-74-64(84)62(82)68-25-11-28-78-31-35-92-36-32-78/h7-10,13-23,30,40-45,47,71H,5-6,11-12,24-29,31-39,46H2,1-4H3,(H8-,67,68,69,72,73,74,75,76,77,81,82,83,84,85)/p+1. The largest absolute Gasteiger partial charge is 0.494 e. The van der Waals surface area contributed by atoms with Gasteiger partial charge in [0.1, 0.15) is 17.1 Å². The third kappa shape index (κ3) is 23.4. The number of benzene rings is 5. The van der Waals surface area contributed by atoms with Gasteiger partial charge in [0, 0.05) is 84.4 Å². The summed E-state index contributed by atoms with van der Waals surface area (Å²) in [5, 5.41) is 8.16. The van der Waals surface area contributed by atoms with Crippen molar-refractivity contribution in [3.63, 3.8) is 0 Å². The molecule has 1 aromatic heterocycles. The van der Waals surface area contributed by atoms with Gasteiger partial charge in [-0.1, -0.05) is 42.5 Å². The van der Waals surface area contributed by atoms with Crippen LogP contribution in [0.5, 0.6) is 11.5 Å². The van der Waals surface area contributed by atoms with E-state index in [1.54, 1.807) is 61.1 Å². The number of hydrogen-bond acceptors (Lipinski definition) is 21. The molecule has 520 valence electrons. The van der Waals surface area contributed by atoms with Gasteiger partial charge in [0.2, 0.25) is 0 Å². The second-order valence-corrected chi connectivity index (χ2v) is 26.3. The van der Waals surface area contributed by atoms with Crippen molar-refractivity contribution in [1.29, 1.82) is 0 Å². The molecule has 0 saturated carbocycles. The number of pyridine rings is 1. The van der Waals surface area contributed by atoms with Gasteiger partial charge in [-0.2, -0.15) is 4.57 Å². The van der Waals surface area contributed by atoms with Crippen LogP contribution >= 0.6 is 0 Å². The summed E-state index contributed by atoms with van der Waals surface area (Å²) in [6.45, 7) is 13.0. The van der Waals surface area contributed by atoms with Gasteiger partial charge in [-0.3, -0.25) is 69.8 Å². The van der Waals surface area contributed by atoms with Crippen LogP contribution in [0.1, 0.15) is 66.6 Å². The van der Waals surface area contributed by atoms with Gasteiger partial charge in [0.25, 0.3) is 26.0 Å². The van der Waals surface area contributed by atoms with Crippen LogP contribution < -0.4 is 66.6 Å². The zero-order chi connectivity index (χ0) is 69.1. The van der Waals surface area contributed by atoms with Crippen molar-refractivity contribution in [1.82, 2.24) is 42.1 Å². The number of unbranched alkanes of at least 4 members (excludes halogenated alkanes) is 1. The lowest BCUT2D eigenvalue weighted by molar-refractivity contribution is -0.794. The van der Waals surface area contributed by atoms with Crippen LogP contribution in [-0.4, -0.2) is 169 Å². The van der Waals surface area contributed by atoms with Crippen LogP contribution in [0, 0.1) is 0 Å². The maximum absolute atomic E-state index is 13.6. The lowest BCUT2D eigenvalue weighted by atomic mass is 10.0. The number of amides is 5. The fourth-order valence-corrected chi connectivity index (χ4v) is 12.2. The van der Waals surface area contributed by atoms with Gasteiger partial charge in [-0.05, 0) is 123 Å². The van der Waals surface area contributed by atoms with E-state index in [4.69, 9.17) is 28.5 Å². The van der Waals surface area contributed by atoms with Crippen LogP contribution in [0.25, 0.3) is 0 Å². The summed E-state index contributed by atoms with van der Waals surface area (Å²) in [4.78, 5) is 77.5. The molecule has 0 unspecified atom stereocenters. The fraction of sp³-hybridized carbons (Fsp3) is 0.379. The number of morpholine rings is 2. The zero-order valence-electron chi connectivity index (χ0n) is 54.7. The van der Waals surface area contributed by atoms with Crippen LogP contribution in [0.4, 0.5) is 28.4 Å². The average Bonchev–Trinajstić information content (AvgIpc) is 0.904. The van der Waals surface area contributed by atoms with E-state index in [9.17, 15) is 40.8 Å². The molecule has 0 atom stereocenters. The molecule has 0 bridgehead atoms. The predicted octanol–water partition coefficient (Wildman–Crippen LogP) is 4.05. The quantitative estimate of drug-likeness (QED) is 0.00670. The molecule has 3 heterocycles. The Morgan fingerprint density at radius 1 is 0.577 bits per heavy atom. The second kappa shape index (κ2) is 36.6. The van der Waals surface area contributed by atoms with E-state index in [-0.39, 0.29) is 56.6 Å². The summed E-state index contributed by atoms with van der Waals surface area (Å²) in [7, 11) is -5.42. The van der Waals surface area contributed by atoms with E-state index in [0.29, 0.717) is 96.0 Å². The molecule has 2 aliphatic heterocycles. The van der Waals surface area contributed by atoms with Gasteiger partial charge in [-0.25, -0.2) is 27.3 Å². The van der Waals surface area contributed by atoms with Crippen molar-refractivity contribution in [3.05, 3.63) is 156 Å². The SMILES string of the molecule is COc1cc(NS(=O)(=O)c2cccc(Cc3cccc(CONCCCCNC(=O)c4ccc[n+](C(C)(C)OC=Nc5cccc(S(=O)(=O)Nc6ccc(NNC(=O)C(=O)NCCCN7CCOCC7)c(OC)c6)c5)c4)c3)c2)ccc1NNC(=O)C(=O)NCCCN1CCOCC1. The Balaban J connectivity index is 0.710. The highest BCUT2D eigenvalue weighted by molar-refractivity contribution is 7.93. The lowest BCUT2D eigenvalue weighted by Crippen LogP contribution is -2.54. The third-order valence-electron chi connectivity index (χ3n) is 15.3. The number of methoxy groups -OCH3 is 2. The third-order valence-corrected chi connectivity index (χ3v) is 18.1. The molecule has 97 heavy (non-hydrogen) atoms. The summed E-state index contributed by atoms with van der Waals surface area (Å²) in [6, 6.07) is 32.5. The van der Waals surface area contributed by atoms with E-state index >= 15 is 0 Å². The lowest BCUT2D eigenvalue weighted by Gasteiger charge is -2.26. The summed E-state index contributed by atoms with van der Waals surface area (Å²) >= 11 is 0. The average molecular weight is 1380 g/mol. The molecule has 2 aliphatic rings. The molecule has 6 aromatic rings. The van der Waals surface area contributed by atoms with E-state index in [1.807, 2.05) is 30.3 Å². The van der Waals surface area contributed by atoms with Gasteiger partial charge in [0.05, 0.1) is 85.5 Å². The van der Waals surface area contributed by atoms with E-state index in [1.165, 1.54) is 81.3 Å². The summed E-state index contributed by atoms with van der Waals surface area (Å²) < 4.78 is 88.7. The van der Waals surface area contributed by atoms with Crippen LogP contribution in [0.3, 0.4) is 0 Å². The van der Waals surface area contributed by atoms with Crippen molar-refractivity contribution in [2.45, 2.75) is 68.1 Å². The minimum absolute atomic E-state index is 0.0532. The molecule has 0 spiro atoms. The van der Waals surface area contributed by atoms with Crippen LogP contribution in [-0.2, 0) is 77.0 Å². The zero-order valence-corrected chi connectivity index (χ0v) is 56.3. The number of hydrazine groups is 2. The predicted molar refractivity (Wildman–Crippen MR) is 363 cm³/mol. The molecule has 29 nitrogen and oxygen atoms in total. The van der Waals surface area contributed by atoms with Crippen molar-refractivity contribution < 1.29 is 73.9 Å². The molecular weight excluding hydrogens is 1290 g/mol. The Kier molecular flexibility index (Phi) is 27.7. The minimum Gasteiger partial charge on any atom is -0.494 e. The van der Waals surface area contributed by atoms with Crippen molar-refractivity contribution in [2.24, 2.45) is 4.99 Å². The highest BCUT2D eigenvalue weighted by Gasteiger charge is 2.30. The van der Waals surface area contributed by atoms with Crippen molar-refractivity contribution in [3.8, 4) is 11.5 Å². The topological polar surface area (TPSA) is 352 Å². The first-order valence-electron chi connectivity index (χ1n) is 31.6. The minimum atomic E-state index is -4.14. The van der Waals surface area contributed by atoms with E-state index < -0.39 is 49.4 Å². The number of anilines is 4. The molecule has 8 rings (SSSR count). The number of carbonyl (C=O) groups excluding carboxylic acids is 5. The normalized spacial score (nSPS) is 13.8. The van der Waals surface area contributed by atoms with E-state index in [0.717, 1.165) is 56.0 Å². The monoisotopic (exact) mass is 1380 g/mol. The van der Waals surface area contributed by atoms with Gasteiger partial charge in [-0.15, -0.1) is 0 Å². The first-order valence-corrected chi connectivity index (χ1v) is 34.6. The maximum Gasteiger partial charge on any atom is 0.327 e. The molecule has 5 amide bonds. The summed E-state index contributed by atoms with van der Waals surface area (Å²) in [5.74, 6) is -3.33. The number of carbonyl (C=O) groups is 5. The number of rotatable bonds is 35. The molecule has 5 aromatic carbocycles. The van der Waals surface area contributed by atoms with E-state index in [2.05, 4.69) is 67.4 Å². The van der Waals surface area contributed by atoms with Crippen molar-refractivity contribution in [2.75, 3.05) is 126 Å². The molecule has 2 saturated heterocycles. The number of hydrogen-bond donors (Lipinski definition) is 10. The number of ether oxygens (including phenoxy) is 5. The maximum atomic E-state index is 13.6. The molecule has 2 fully saturated rings. The number of aliphatic imine (C=N–C) groups is 1. The summed E-state index contributed by atoms with van der Waals surface area (Å²) in [5.41, 5.74) is 16.2. The Morgan fingerprint density at radius 2 is 1.09 bits per heavy atom. The first-order chi connectivity index (χ1) is 46.8. The van der Waals surface area contributed by atoms with Crippen LogP contribution in [0.15, 0.2) is 149 Å². The highest BCUT2D eigenvalue weighted by atomic mass is 32.2. The smallest absolute Gasteiger partial charge is 0.327 e. The Bertz CT molecular complexity index is 3910. The first kappa shape index (κ1) is 73.3. The Morgan fingerprint density at radius 3 is 1.67 bits per heavy atom. The van der Waals surface area contributed by atoms with Gasteiger partial charge in [0.15, 0.2) is 18.8 Å². The Labute approximate surface area is 564 Å².